The molecule has 0 heterocycles. The summed E-state index contributed by atoms with van der Waals surface area (Å²) in [7, 11) is 0. The highest BCUT2D eigenvalue weighted by atomic mass is 16.5. The Morgan fingerprint density at radius 2 is 1.52 bits per heavy atom. The first-order chi connectivity index (χ1) is 16.2. The van der Waals surface area contributed by atoms with Crippen molar-refractivity contribution in [1.82, 2.24) is 0 Å². The number of hydrogen-bond acceptors (Lipinski definition) is 2. The maximum atomic E-state index is 12.4. The Bertz CT molecular complexity index is 839. The van der Waals surface area contributed by atoms with E-state index in [9.17, 15) is 4.79 Å². The molecule has 3 rings (SSSR count). The second kappa shape index (κ2) is 14.0. The van der Waals surface area contributed by atoms with E-state index in [4.69, 9.17) is 4.74 Å². The molecule has 0 radical (unpaired) electrons. The molecule has 178 valence electrons. The molecule has 2 nitrogen and oxygen atoms in total. The van der Waals surface area contributed by atoms with Crippen LogP contribution in [-0.4, -0.2) is 5.97 Å². The maximum Gasteiger partial charge on any atom is 0.343 e. The Hall–Kier alpha value is -2.35. The number of carbonyl (C=O) groups is 1. The van der Waals surface area contributed by atoms with Crippen LogP contribution in [0.15, 0.2) is 60.7 Å². The van der Waals surface area contributed by atoms with Crippen LogP contribution in [0.5, 0.6) is 5.75 Å². The summed E-state index contributed by atoms with van der Waals surface area (Å²) >= 11 is 0. The van der Waals surface area contributed by atoms with Crippen molar-refractivity contribution in [1.29, 1.82) is 0 Å². The fraction of sp³-hybridized carbons (Fsp3) is 0.516. The number of aryl methyl sites for hydroxylation is 2. The van der Waals surface area contributed by atoms with E-state index in [-0.39, 0.29) is 5.97 Å². The van der Waals surface area contributed by atoms with E-state index in [1.165, 1.54) is 62.5 Å². The molecule has 0 aromatic heterocycles. The van der Waals surface area contributed by atoms with Crippen LogP contribution in [0.4, 0.5) is 0 Å². The van der Waals surface area contributed by atoms with E-state index < -0.39 is 0 Å². The van der Waals surface area contributed by atoms with Crippen LogP contribution in [-0.2, 0) is 12.8 Å². The SMILES string of the molecule is CCCCC[C@H]1CC[C@H](C=CCCc2ccc(C(=O)Oc3ccc(CCC)cc3)cc2)CC1. The molecule has 2 heteroatoms. The molecule has 0 amide bonds. The van der Waals surface area contributed by atoms with Crippen LogP contribution in [0.2, 0.25) is 0 Å². The number of carbonyl (C=O) groups excluding carboxylic acids is 1. The van der Waals surface area contributed by atoms with Gasteiger partial charge in [0.05, 0.1) is 5.56 Å². The van der Waals surface area contributed by atoms with Crippen molar-refractivity contribution in [2.75, 3.05) is 0 Å². The van der Waals surface area contributed by atoms with E-state index in [1.54, 1.807) is 0 Å². The third-order valence-electron chi connectivity index (χ3n) is 6.98. The zero-order chi connectivity index (χ0) is 23.3. The van der Waals surface area contributed by atoms with Gasteiger partial charge in [-0.15, -0.1) is 0 Å². The molecule has 0 spiro atoms. The lowest BCUT2D eigenvalue weighted by molar-refractivity contribution is 0.0734. The number of hydrogen-bond donors (Lipinski definition) is 0. The molecular formula is C31H42O2. The molecule has 2 aromatic rings. The number of ether oxygens (including phenoxy) is 1. The molecule has 1 aliphatic carbocycles. The summed E-state index contributed by atoms with van der Waals surface area (Å²) in [5.41, 5.74) is 3.13. The quantitative estimate of drug-likeness (QED) is 0.141. The molecule has 1 saturated carbocycles. The molecule has 0 unspecified atom stereocenters. The Kier molecular flexibility index (Phi) is 10.7. The lowest BCUT2D eigenvalue weighted by atomic mass is 9.79. The minimum atomic E-state index is -0.296. The van der Waals surface area contributed by atoms with E-state index in [1.807, 2.05) is 36.4 Å². The fourth-order valence-electron chi connectivity index (χ4n) is 4.88. The summed E-state index contributed by atoms with van der Waals surface area (Å²) in [6.07, 6.45) is 20.2. The lowest BCUT2D eigenvalue weighted by Gasteiger charge is -2.26. The smallest absolute Gasteiger partial charge is 0.343 e. The minimum Gasteiger partial charge on any atom is -0.423 e. The third-order valence-corrected chi connectivity index (χ3v) is 6.98. The zero-order valence-corrected chi connectivity index (χ0v) is 20.7. The lowest BCUT2D eigenvalue weighted by Crippen LogP contribution is -2.13. The summed E-state index contributed by atoms with van der Waals surface area (Å²) in [5.74, 6) is 2.06. The fourth-order valence-corrected chi connectivity index (χ4v) is 4.88. The minimum absolute atomic E-state index is 0.296. The van der Waals surface area contributed by atoms with Gasteiger partial charge in [-0.25, -0.2) is 4.79 Å². The molecule has 33 heavy (non-hydrogen) atoms. The summed E-state index contributed by atoms with van der Waals surface area (Å²) in [5, 5.41) is 0. The van der Waals surface area contributed by atoms with Gasteiger partial charge in [0.2, 0.25) is 0 Å². The molecule has 1 aliphatic rings. The van der Waals surface area contributed by atoms with Crippen LogP contribution < -0.4 is 4.74 Å². The van der Waals surface area contributed by atoms with Crippen molar-refractivity contribution in [3.63, 3.8) is 0 Å². The van der Waals surface area contributed by atoms with Gasteiger partial charge in [-0.2, -0.15) is 0 Å². The van der Waals surface area contributed by atoms with Gasteiger partial charge in [0, 0.05) is 0 Å². The highest BCUT2D eigenvalue weighted by molar-refractivity contribution is 5.91. The Labute approximate surface area is 201 Å². The van der Waals surface area contributed by atoms with Crippen molar-refractivity contribution in [2.24, 2.45) is 11.8 Å². The van der Waals surface area contributed by atoms with Crippen molar-refractivity contribution < 1.29 is 9.53 Å². The van der Waals surface area contributed by atoms with Gasteiger partial charge in [0.15, 0.2) is 0 Å². The molecule has 0 atom stereocenters. The number of rotatable bonds is 12. The molecule has 2 aromatic carbocycles. The van der Waals surface area contributed by atoms with Gasteiger partial charge >= 0.3 is 5.97 Å². The van der Waals surface area contributed by atoms with Gasteiger partial charge in [-0.3, -0.25) is 0 Å². The number of benzene rings is 2. The van der Waals surface area contributed by atoms with Crippen molar-refractivity contribution in [3.05, 3.63) is 77.4 Å². The van der Waals surface area contributed by atoms with Crippen LogP contribution in [0.1, 0.15) is 99.5 Å². The highest BCUT2D eigenvalue weighted by Gasteiger charge is 2.18. The largest absolute Gasteiger partial charge is 0.423 e. The average Bonchev–Trinajstić information content (AvgIpc) is 2.85. The summed E-state index contributed by atoms with van der Waals surface area (Å²) in [6, 6.07) is 15.7. The van der Waals surface area contributed by atoms with Crippen LogP contribution in [0, 0.1) is 11.8 Å². The molecule has 0 N–H and O–H groups in total. The molecule has 0 aliphatic heterocycles. The monoisotopic (exact) mass is 446 g/mol. The van der Waals surface area contributed by atoms with E-state index in [0.717, 1.165) is 37.5 Å². The summed E-state index contributed by atoms with van der Waals surface area (Å²) < 4.78 is 5.52. The molecule has 0 saturated heterocycles. The Balaban J connectivity index is 1.37. The topological polar surface area (TPSA) is 26.3 Å². The molecule has 0 bridgehead atoms. The van der Waals surface area contributed by atoms with E-state index in [2.05, 4.69) is 38.1 Å². The second-order valence-corrected chi connectivity index (χ2v) is 9.72. The van der Waals surface area contributed by atoms with Crippen molar-refractivity contribution in [3.8, 4) is 5.75 Å². The maximum absolute atomic E-state index is 12.4. The average molecular weight is 447 g/mol. The van der Waals surface area contributed by atoms with Crippen molar-refractivity contribution >= 4 is 5.97 Å². The predicted octanol–water partition coefficient (Wildman–Crippen LogP) is 8.73. The third kappa shape index (κ3) is 8.84. The first kappa shape index (κ1) is 25.3. The van der Waals surface area contributed by atoms with Crippen LogP contribution in [0.25, 0.3) is 0 Å². The number of esters is 1. The Morgan fingerprint density at radius 3 is 2.18 bits per heavy atom. The van der Waals surface area contributed by atoms with Crippen LogP contribution in [0.3, 0.4) is 0 Å². The first-order valence-corrected chi connectivity index (χ1v) is 13.2. The summed E-state index contributed by atoms with van der Waals surface area (Å²) in [6.45, 7) is 4.45. The first-order valence-electron chi connectivity index (χ1n) is 13.2. The van der Waals surface area contributed by atoms with Gasteiger partial charge in [0.25, 0.3) is 0 Å². The molecular weight excluding hydrogens is 404 g/mol. The number of allylic oxidation sites excluding steroid dienone is 2. The van der Waals surface area contributed by atoms with Crippen LogP contribution >= 0.6 is 0 Å². The van der Waals surface area contributed by atoms with Gasteiger partial charge in [-0.1, -0.05) is 82.4 Å². The zero-order valence-electron chi connectivity index (χ0n) is 20.7. The van der Waals surface area contributed by atoms with E-state index >= 15 is 0 Å². The second-order valence-electron chi connectivity index (χ2n) is 9.72. The predicted molar refractivity (Wildman–Crippen MR) is 139 cm³/mol. The molecule has 1 fully saturated rings. The standard InChI is InChI=1S/C31H42O2/c1-3-5-6-10-26-13-15-27(16-14-26)11-7-8-12-28-17-21-29(22-18-28)31(32)33-30-23-19-25(9-4-2)20-24-30/h7,11,17-24,26-27H,3-6,8-10,12-16H2,1-2H3/t26-,27-. The number of unbranched alkanes of at least 4 members (excludes halogenated alkanes) is 2. The van der Waals surface area contributed by atoms with Gasteiger partial charge in [-0.05, 0) is 92.2 Å². The normalized spacial score (nSPS) is 18.5. The Morgan fingerprint density at radius 1 is 0.848 bits per heavy atom. The van der Waals surface area contributed by atoms with Gasteiger partial charge in [0.1, 0.15) is 5.75 Å². The van der Waals surface area contributed by atoms with Gasteiger partial charge < -0.3 is 4.74 Å². The van der Waals surface area contributed by atoms with Crippen molar-refractivity contribution in [2.45, 2.75) is 90.9 Å². The highest BCUT2D eigenvalue weighted by Crippen LogP contribution is 2.32. The van der Waals surface area contributed by atoms with E-state index in [0.29, 0.717) is 11.3 Å². The summed E-state index contributed by atoms with van der Waals surface area (Å²) in [4.78, 5) is 12.4.